The fraction of sp³-hybridized carbons (Fsp3) is 0.949. The summed E-state index contributed by atoms with van der Waals surface area (Å²) in [6.07, 6.45) is 52.4. The quantitative estimate of drug-likeness (QED) is 0.0840. The van der Waals surface area contributed by atoms with Crippen molar-refractivity contribution in [1.82, 2.24) is 0 Å². The lowest BCUT2D eigenvalue weighted by molar-refractivity contribution is -0.211. The molecule has 12 heteroatoms. The Bertz CT molecular complexity index is 3270. The Morgan fingerprint density at radius 2 is 0.569 bits per heavy atom. The lowest BCUT2D eigenvalue weighted by Crippen LogP contribution is -2.58. The molecule has 0 aromatic heterocycles. The summed E-state index contributed by atoms with van der Waals surface area (Å²) in [7, 11) is 0. The Morgan fingerprint density at radius 1 is 0.262 bits per heavy atom. The van der Waals surface area contributed by atoms with Crippen LogP contribution < -0.4 is 0 Å². The Balaban J connectivity index is 0. The van der Waals surface area contributed by atoms with E-state index in [-0.39, 0.29) is 202 Å². The number of ether oxygens (including phenoxy) is 6. The molecule has 0 radical (unpaired) electrons. The van der Waals surface area contributed by atoms with E-state index < -0.39 is 0 Å². The van der Waals surface area contributed by atoms with Gasteiger partial charge < -0.3 is 28.4 Å². The number of fused-ring (bicyclic) bond motifs is 7. The predicted octanol–water partition coefficient (Wildman–Crippen LogP) is 35.3. The van der Waals surface area contributed by atoms with E-state index in [1.165, 1.54) is 205 Å². The molecule has 0 heterocycles. The van der Waals surface area contributed by atoms with E-state index in [0.717, 1.165) is 147 Å². The molecule has 14 bridgehead atoms. The van der Waals surface area contributed by atoms with Gasteiger partial charge in [0.1, 0.15) is 33.6 Å². The molecule has 0 aromatic rings. The van der Waals surface area contributed by atoms with Gasteiger partial charge in [0.05, 0.1) is 32.5 Å². The average Bonchev–Trinajstić information content (AvgIpc) is 0.934. The van der Waals surface area contributed by atoms with Crippen molar-refractivity contribution in [2.24, 2.45) is 150 Å². The minimum atomic E-state index is -0.362. The average molecular weight is 1840 g/mol. The van der Waals surface area contributed by atoms with E-state index in [1.807, 2.05) is 83.1 Å². The zero-order valence-electron chi connectivity index (χ0n) is 81.0. The maximum absolute atomic E-state index is 12.6. The maximum atomic E-state index is 12.6. The van der Waals surface area contributed by atoms with Crippen LogP contribution >= 0.6 is 0 Å². The summed E-state index contributed by atoms with van der Waals surface area (Å²) in [5, 5.41) is 0. The minimum absolute atomic E-state index is 0. The van der Waals surface area contributed by atoms with Crippen molar-refractivity contribution < 1.29 is 57.2 Å². The first-order valence-electron chi connectivity index (χ1n) is 50.2. The first-order valence-corrected chi connectivity index (χ1v) is 50.2. The maximum Gasteiger partial charge on any atom is 0.312 e. The smallest absolute Gasteiger partial charge is 0.312 e. The highest BCUT2D eigenvalue weighted by Crippen LogP contribution is 2.68. The molecule has 130 heavy (non-hydrogen) atoms. The molecule has 772 valence electrons. The van der Waals surface area contributed by atoms with Gasteiger partial charge in [-0.05, 0) is 451 Å². The highest BCUT2D eigenvalue weighted by molar-refractivity contribution is 5.79. The van der Waals surface area contributed by atoms with Crippen LogP contribution in [0.25, 0.3) is 0 Å². The van der Waals surface area contributed by atoms with Crippen LogP contribution in [-0.4, -0.2) is 69.4 Å². The van der Waals surface area contributed by atoms with Gasteiger partial charge in [-0.25, -0.2) is 0 Å². The molecule has 12 nitrogen and oxygen atoms in total. The van der Waals surface area contributed by atoms with Crippen LogP contribution in [0, 0.1) is 150 Å². The second kappa shape index (κ2) is 48.6. The Labute approximate surface area is 810 Å². The molecule has 19 aliphatic rings. The molecule has 0 saturated heterocycles. The number of esters is 6. The molecular formula is C118H228O12. The SMILES string of the molecule is C.C.C.C.C.C.C.C.C.C.C.C.CCC(C)(C)C(=O)OC(C)(C)C12CC3CC(CC(C3)C1)C2.CCC(C)(C)C(=O)OC(C)(C)C12CC3CC(CC(C3)C1)C2.CCC(C)(C)C(=O)OC1(C)C2CC3CC(C2)CC1C3.CCC(C)(C)C(=O)OC1(C)CC2CC1C1CCCC21.CCC(C)(C)C(=O)OC1(C)CCC2CCCCC2C1.CCC(C)(C)C(=O)OC1(C)CCCC2CCCCC21. The summed E-state index contributed by atoms with van der Waals surface area (Å²) in [6, 6.07) is 0. The monoisotopic (exact) mass is 1840 g/mol. The Kier molecular flexibility index (Phi) is 48.2. The van der Waals surface area contributed by atoms with Gasteiger partial charge in [-0.15, -0.1) is 0 Å². The molecule has 19 fully saturated rings. The van der Waals surface area contributed by atoms with Crippen molar-refractivity contribution in [3.05, 3.63) is 0 Å². The number of hydrogen-bond donors (Lipinski definition) is 0. The van der Waals surface area contributed by atoms with Crippen LogP contribution in [0.3, 0.4) is 0 Å². The van der Waals surface area contributed by atoms with E-state index in [2.05, 4.69) is 96.9 Å². The standard InChI is InChI=1S/2C19H32O2.2C17H28O2.2C17H30O2.12CH4/c2*1-6-17(2,3)16(20)21-18(4,5)19-10-13-7-14(11-19)9-15(8-13)12-19;1-5-16(2,3)15(18)19-17(4)13-7-11-6-12(9-13)10-14(17)8-11;1-5-16(2,3)15(18)19-17(4)10-11-9-14(17)13-8-6-7-12(11)13;1-5-16(2,3)15(18)19-17(4)12-8-10-13-9-6-7-11-14(13)17;1-5-16(2,3)15(18)19-17(4)11-10-13-8-6-7-9-14(13)12-17;;;;;;;;;;;;/h2*13-15H,6-12H2,1-5H3;2*11-14H,5-10H2,1-4H3;2*13-14H,5-12H2,1-4H3;12*1H4. The summed E-state index contributed by atoms with van der Waals surface area (Å²) >= 11 is 0. The normalized spacial score (nSPS) is 35.9. The first kappa shape index (κ1) is 129. The van der Waals surface area contributed by atoms with Gasteiger partial charge in [0.15, 0.2) is 0 Å². The third kappa shape index (κ3) is 27.5. The molecule has 0 aliphatic heterocycles. The van der Waals surface area contributed by atoms with Crippen LogP contribution in [0.2, 0.25) is 0 Å². The number of carbonyl (C=O) groups excluding carboxylic acids is 6. The molecule has 19 rings (SSSR count). The van der Waals surface area contributed by atoms with Gasteiger partial charge >= 0.3 is 35.8 Å². The molecule has 11 unspecified atom stereocenters. The fourth-order valence-corrected chi connectivity index (χ4v) is 28.3. The van der Waals surface area contributed by atoms with Crippen molar-refractivity contribution in [3.8, 4) is 0 Å². The van der Waals surface area contributed by atoms with Gasteiger partial charge in [-0.2, -0.15) is 0 Å². The molecule has 0 amide bonds. The van der Waals surface area contributed by atoms with Crippen molar-refractivity contribution in [2.75, 3.05) is 0 Å². The van der Waals surface area contributed by atoms with Crippen LogP contribution in [0.4, 0.5) is 0 Å². The van der Waals surface area contributed by atoms with Crippen LogP contribution in [0.5, 0.6) is 0 Å². The van der Waals surface area contributed by atoms with E-state index in [1.54, 1.807) is 0 Å². The zero-order chi connectivity index (χ0) is 86.8. The third-order valence-electron chi connectivity index (χ3n) is 38.5. The van der Waals surface area contributed by atoms with E-state index in [9.17, 15) is 28.8 Å². The number of rotatable bonds is 20. The van der Waals surface area contributed by atoms with Crippen LogP contribution in [0.1, 0.15) is 539 Å². The molecule has 0 spiro atoms. The number of hydrogen-bond acceptors (Lipinski definition) is 12. The topological polar surface area (TPSA) is 158 Å². The largest absolute Gasteiger partial charge is 0.459 e. The second-order valence-corrected chi connectivity index (χ2v) is 49.9. The lowest BCUT2D eigenvalue weighted by Gasteiger charge is -2.61. The van der Waals surface area contributed by atoms with Gasteiger partial charge in [0.25, 0.3) is 0 Å². The fourth-order valence-electron chi connectivity index (χ4n) is 28.3. The van der Waals surface area contributed by atoms with Crippen molar-refractivity contribution in [3.63, 3.8) is 0 Å². The zero-order valence-corrected chi connectivity index (χ0v) is 81.0. The first-order chi connectivity index (χ1) is 54.8. The van der Waals surface area contributed by atoms with Gasteiger partial charge in [0.2, 0.25) is 0 Å². The summed E-state index contributed by atoms with van der Waals surface area (Å²) in [5.74, 6) is 14.9. The lowest BCUT2D eigenvalue weighted by atomic mass is 9.46. The molecule has 19 saturated carbocycles. The molecule has 19 aliphatic carbocycles. The van der Waals surface area contributed by atoms with E-state index >= 15 is 0 Å². The Morgan fingerprint density at radius 3 is 0.946 bits per heavy atom. The van der Waals surface area contributed by atoms with E-state index in [0.29, 0.717) is 23.7 Å². The van der Waals surface area contributed by atoms with Crippen molar-refractivity contribution >= 4 is 35.8 Å². The van der Waals surface area contributed by atoms with Crippen LogP contribution in [0.15, 0.2) is 0 Å². The van der Waals surface area contributed by atoms with E-state index in [4.69, 9.17) is 28.4 Å². The van der Waals surface area contributed by atoms with Crippen molar-refractivity contribution in [2.45, 2.75) is 572 Å². The second-order valence-electron chi connectivity index (χ2n) is 49.9. The van der Waals surface area contributed by atoms with Gasteiger partial charge in [0, 0.05) is 22.7 Å². The predicted molar refractivity (Wildman–Crippen MR) is 557 cm³/mol. The van der Waals surface area contributed by atoms with Gasteiger partial charge in [-0.1, -0.05) is 182 Å². The molecular weight excluding hydrogens is 1610 g/mol. The van der Waals surface area contributed by atoms with Crippen LogP contribution in [-0.2, 0) is 57.2 Å². The molecule has 0 aromatic carbocycles. The highest BCUT2D eigenvalue weighted by Gasteiger charge is 2.64. The Hall–Kier alpha value is -3.18. The minimum Gasteiger partial charge on any atom is -0.459 e. The third-order valence-corrected chi connectivity index (χ3v) is 38.5. The van der Waals surface area contributed by atoms with Gasteiger partial charge in [-0.3, -0.25) is 28.8 Å². The summed E-state index contributed by atoms with van der Waals surface area (Å²) in [4.78, 5) is 74.8. The highest BCUT2D eigenvalue weighted by atomic mass is 16.6. The number of carbonyl (C=O) groups is 6. The molecule has 0 N–H and O–H groups in total. The summed E-state index contributed by atoms with van der Waals surface area (Å²) < 4.78 is 36.5. The molecule has 11 atom stereocenters. The summed E-state index contributed by atoms with van der Waals surface area (Å²) in [6.45, 7) is 53.9. The van der Waals surface area contributed by atoms with Crippen molar-refractivity contribution in [1.29, 1.82) is 0 Å². The summed E-state index contributed by atoms with van der Waals surface area (Å²) in [5.41, 5.74) is -2.94.